The van der Waals surface area contributed by atoms with E-state index in [1.807, 2.05) is 0 Å². The third-order valence-corrected chi connectivity index (χ3v) is 3.89. The first-order chi connectivity index (χ1) is 10.1. The summed E-state index contributed by atoms with van der Waals surface area (Å²) >= 11 is 1.06. The molecule has 0 radical (unpaired) electrons. The molecule has 1 saturated carbocycles. The lowest BCUT2D eigenvalue weighted by Gasteiger charge is -2.23. The van der Waals surface area contributed by atoms with E-state index in [0.717, 1.165) is 11.8 Å². The predicted octanol–water partition coefficient (Wildman–Crippen LogP) is 4.39. The largest absolute Gasteiger partial charge is 0.430 e. The molecule has 1 aromatic heterocycles. The number of hydrogen-bond donors (Lipinski definition) is 0. The Hall–Kier alpha value is -1.44. The van der Waals surface area contributed by atoms with Crippen molar-refractivity contribution < 1.29 is 22.4 Å². The Morgan fingerprint density at radius 3 is 2.95 bits per heavy atom. The van der Waals surface area contributed by atoms with Gasteiger partial charge in [-0.15, -0.1) is 0 Å². The number of halogens is 3. The predicted molar refractivity (Wildman–Crippen MR) is 73.1 cm³/mol. The summed E-state index contributed by atoms with van der Waals surface area (Å²) in [6.45, 7) is 0.604. The van der Waals surface area contributed by atoms with Crippen molar-refractivity contribution in [3.63, 3.8) is 0 Å². The van der Waals surface area contributed by atoms with Crippen LogP contribution in [-0.2, 0) is 4.84 Å². The van der Waals surface area contributed by atoms with Gasteiger partial charge in [-0.1, -0.05) is 23.3 Å². The summed E-state index contributed by atoms with van der Waals surface area (Å²) in [5.41, 5.74) is 0. The van der Waals surface area contributed by atoms with E-state index in [-0.39, 0.29) is 17.4 Å². The van der Waals surface area contributed by atoms with Gasteiger partial charge in [0, 0.05) is 12.2 Å². The van der Waals surface area contributed by atoms with Gasteiger partial charge in [0.1, 0.15) is 12.8 Å². The second kappa shape index (κ2) is 8.11. The average molecular weight is 320 g/mol. The molecule has 1 aliphatic rings. The van der Waals surface area contributed by atoms with Crippen LogP contribution < -0.4 is 0 Å². The standard InChI is InChI=1S/C13H15F3N2O2S/c14-11(12(15)16)4-5-21-13-17-6-10(20-13)7-18-19-8-9-2-1-3-9/h6-7,9H,1-5,8H2/b18-7+. The Kier molecular flexibility index (Phi) is 6.16. The van der Waals surface area contributed by atoms with Gasteiger partial charge in [0.25, 0.3) is 5.22 Å². The Labute approximate surface area is 124 Å². The molecule has 1 aliphatic carbocycles. The normalized spacial score (nSPS) is 15.2. The van der Waals surface area contributed by atoms with E-state index in [4.69, 9.17) is 9.25 Å². The van der Waals surface area contributed by atoms with Gasteiger partial charge in [-0.05, 0) is 18.8 Å². The summed E-state index contributed by atoms with van der Waals surface area (Å²) in [7, 11) is 0. The molecule has 0 atom stereocenters. The van der Waals surface area contributed by atoms with Crippen LogP contribution in [-0.4, -0.2) is 23.6 Å². The van der Waals surface area contributed by atoms with Crippen molar-refractivity contribution in [1.29, 1.82) is 0 Å². The second-order valence-electron chi connectivity index (χ2n) is 4.62. The summed E-state index contributed by atoms with van der Waals surface area (Å²) in [6, 6.07) is 0. The number of aromatic nitrogens is 1. The Bertz CT molecular complexity index is 511. The van der Waals surface area contributed by atoms with Crippen molar-refractivity contribution in [3.8, 4) is 0 Å². The summed E-state index contributed by atoms with van der Waals surface area (Å²) in [6.07, 6.45) is 3.83. The van der Waals surface area contributed by atoms with Gasteiger partial charge in [0.15, 0.2) is 11.6 Å². The minimum Gasteiger partial charge on any atom is -0.430 e. The molecule has 21 heavy (non-hydrogen) atoms. The fourth-order valence-corrected chi connectivity index (χ4v) is 2.35. The molecule has 1 aromatic rings. The Morgan fingerprint density at radius 2 is 2.29 bits per heavy atom. The maximum atomic E-state index is 12.6. The van der Waals surface area contributed by atoms with Crippen molar-refractivity contribution in [1.82, 2.24) is 4.98 Å². The SMILES string of the molecule is FC(F)=C(F)CCSc1ncc(/C=N/OCC2CCC2)o1. The molecule has 1 fully saturated rings. The lowest BCUT2D eigenvalue weighted by atomic mass is 9.86. The van der Waals surface area contributed by atoms with E-state index in [1.54, 1.807) is 0 Å². The average Bonchev–Trinajstić information content (AvgIpc) is 2.84. The van der Waals surface area contributed by atoms with Gasteiger partial charge in [0.2, 0.25) is 0 Å². The summed E-state index contributed by atoms with van der Waals surface area (Å²) < 4.78 is 41.5. The van der Waals surface area contributed by atoms with E-state index >= 15 is 0 Å². The van der Waals surface area contributed by atoms with Crippen LogP contribution in [0.25, 0.3) is 0 Å². The van der Waals surface area contributed by atoms with Gasteiger partial charge in [-0.25, -0.2) is 9.37 Å². The number of thioether (sulfide) groups is 1. The van der Waals surface area contributed by atoms with Crippen LogP contribution in [0, 0.1) is 5.92 Å². The zero-order valence-electron chi connectivity index (χ0n) is 11.2. The molecule has 0 bridgehead atoms. The Morgan fingerprint density at radius 1 is 1.48 bits per heavy atom. The highest BCUT2D eigenvalue weighted by Gasteiger charge is 2.17. The van der Waals surface area contributed by atoms with E-state index in [9.17, 15) is 13.2 Å². The van der Waals surface area contributed by atoms with Crippen molar-refractivity contribution in [2.75, 3.05) is 12.4 Å². The molecule has 0 aliphatic heterocycles. The highest BCUT2D eigenvalue weighted by Crippen LogP contribution is 2.26. The van der Waals surface area contributed by atoms with Gasteiger partial charge >= 0.3 is 6.08 Å². The molecular formula is C13H15F3N2O2S. The lowest BCUT2D eigenvalue weighted by molar-refractivity contribution is 0.0766. The first-order valence-electron chi connectivity index (χ1n) is 6.58. The molecular weight excluding hydrogens is 305 g/mol. The molecule has 116 valence electrons. The van der Waals surface area contributed by atoms with Crippen LogP contribution in [0.2, 0.25) is 0 Å². The number of rotatable bonds is 8. The van der Waals surface area contributed by atoms with Crippen molar-refractivity contribution in [2.45, 2.75) is 30.9 Å². The zero-order chi connectivity index (χ0) is 15.1. The number of oxazole rings is 1. The van der Waals surface area contributed by atoms with E-state index in [1.165, 1.54) is 31.7 Å². The van der Waals surface area contributed by atoms with E-state index in [0.29, 0.717) is 18.3 Å². The van der Waals surface area contributed by atoms with Crippen molar-refractivity contribution >= 4 is 18.0 Å². The van der Waals surface area contributed by atoms with Gasteiger partial charge < -0.3 is 9.25 Å². The maximum absolute atomic E-state index is 12.6. The molecule has 1 heterocycles. The van der Waals surface area contributed by atoms with Gasteiger partial charge in [-0.3, -0.25) is 0 Å². The van der Waals surface area contributed by atoms with E-state index in [2.05, 4.69) is 10.1 Å². The lowest BCUT2D eigenvalue weighted by Crippen LogP contribution is -2.16. The molecule has 0 aromatic carbocycles. The number of allylic oxidation sites excluding steroid dienone is 1. The van der Waals surface area contributed by atoms with Crippen LogP contribution in [0.4, 0.5) is 13.2 Å². The zero-order valence-corrected chi connectivity index (χ0v) is 12.0. The van der Waals surface area contributed by atoms with Crippen LogP contribution >= 0.6 is 11.8 Å². The highest BCUT2D eigenvalue weighted by molar-refractivity contribution is 7.99. The first-order valence-corrected chi connectivity index (χ1v) is 7.57. The molecule has 4 nitrogen and oxygen atoms in total. The van der Waals surface area contributed by atoms with Crippen molar-refractivity contribution in [2.24, 2.45) is 11.1 Å². The third kappa shape index (κ3) is 5.45. The Balaban J connectivity index is 1.68. The molecule has 0 N–H and O–H groups in total. The topological polar surface area (TPSA) is 47.6 Å². The summed E-state index contributed by atoms with van der Waals surface area (Å²) in [4.78, 5) is 9.05. The minimum atomic E-state index is -2.28. The van der Waals surface area contributed by atoms with Crippen LogP contribution in [0.5, 0.6) is 0 Å². The molecule has 0 spiro atoms. The molecule has 0 unspecified atom stereocenters. The van der Waals surface area contributed by atoms with Crippen LogP contribution in [0.15, 0.2) is 32.9 Å². The van der Waals surface area contributed by atoms with Crippen molar-refractivity contribution in [3.05, 3.63) is 23.9 Å². The maximum Gasteiger partial charge on any atom is 0.301 e. The monoisotopic (exact) mass is 320 g/mol. The van der Waals surface area contributed by atoms with Crippen LogP contribution in [0.1, 0.15) is 31.4 Å². The molecule has 8 heteroatoms. The fraction of sp³-hybridized carbons (Fsp3) is 0.538. The molecule has 0 saturated heterocycles. The summed E-state index contributed by atoms with van der Waals surface area (Å²) in [5.74, 6) is -0.279. The third-order valence-electron chi connectivity index (χ3n) is 3.04. The smallest absolute Gasteiger partial charge is 0.301 e. The quantitative estimate of drug-likeness (QED) is 0.405. The van der Waals surface area contributed by atoms with E-state index < -0.39 is 11.9 Å². The second-order valence-corrected chi connectivity index (χ2v) is 5.67. The number of hydrogen-bond acceptors (Lipinski definition) is 5. The number of oxime groups is 1. The molecule has 0 amide bonds. The fourth-order valence-electron chi connectivity index (χ4n) is 1.62. The van der Waals surface area contributed by atoms with Gasteiger partial charge in [0.05, 0.1) is 6.20 Å². The van der Waals surface area contributed by atoms with Gasteiger partial charge in [-0.2, -0.15) is 8.78 Å². The first kappa shape index (κ1) is 15.9. The summed E-state index contributed by atoms with van der Waals surface area (Å²) in [5, 5.41) is 4.05. The number of nitrogens with zero attached hydrogens (tertiary/aromatic N) is 2. The molecule has 2 rings (SSSR count). The van der Waals surface area contributed by atoms with Crippen LogP contribution in [0.3, 0.4) is 0 Å². The highest BCUT2D eigenvalue weighted by atomic mass is 32.2. The minimum absolute atomic E-state index is 0.123.